The predicted molar refractivity (Wildman–Crippen MR) is 233 cm³/mol. The lowest BCUT2D eigenvalue weighted by Gasteiger charge is -2.39. The number of hydrogen-bond donors (Lipinski definition) is 10. The van der Waals surface area contributed by atoms with Gasteiger partial charge in [0.25, 0.3) is 11.5 Å². The molecular weight excluding hydrogens is 893 g/mol. The standard InChI is InChI=1S/C39H44N12O12S2/c1-16-26(30(54)25-20(14-63-38(41)61)39(62-2)31-22(47-31)13-51(39)28(25)29(16)53)42-9-10-64-65-15-23(36(59)60)46-24(52)8-7-21(35(57)58)48-33(55)17-3-5-18(6-4-17)43-11-19-12-44-32-27(45-19)34(56)50-37(40)49-32/h3-6,12,20-23,31,42-43,47H,7-11,13-15H2,1-2H3,(H2,41,61)(H,46,52)(H,48,55)(H,57,58)(H,59,60)(H3,40,44,49,50,56)/t20?,21?,22-,23?,31-,39+/m0/s1. The number of carboxylic acids is 2. The van der Waals surface area contributed by atoms with Gasteiger partial charge in [-0.25, -0.2) is 24.4 Å². The van der Waals surface area contributed by atoms with Gasteiger partial charge in [0.15, 0.2) is 16.9 Å². The van der Waals surface area contributed by atoms with E-state index in [1.54, 1.807) is 24.0 Å². The number of methoxy groups -OCH3 is 1. The Kier molecular flexibility index (Phi) is 13.6. The van der Waals surface area contributed by atoms with Crippen molar-refractivity contribution in [1.82, 2.24) is 46.1 Å². The molecule has 2 saturated heterocycles. The molecule has 0 radical (unpaired) electrons. The number of allylic oxidation sites excluding steroid dienone is 2. The number of ether oxygens (including phenoxy) is 2. The van der Waals surface area contributed by atoms with Gasteiger partial charge in [0, 0.05) is 66.6 Å². The van der Waals surface area contributed by atoms with E-state index in [0.29, 0.717) is 23.7 Å². The quantitative estimate of drug-likeness (QED) is 0.0260. The number of rotatable bonds is 21. The molecule has 344 valence electrons. The van der Waals surface area contributed by atoms with Crippen LogP contribution in [0.1, 0.15) is 35.8 Å². The number of nitrogens with zero attached hydrogens (tertiary/aromatic N) is 4. The van der Waals surface area contributed by atoms with Gasteiger partial charge in [-0.2, -0.15) is 4.98 Å². The highest BCUT2D eigenvalue weighted by Gasteiger charge is 2.72. The summed E-state index contributed by atoms with van der Waals surface area (Å²) in [5.74, 6) is -5.58. The maximum absolute atomic E-state index is 14.0. The first-order valence-electron chi connectivity index (χ1n) is 20.0. The number of carbonyl (C=O) groups excluding carboxylic acids is 5. The normalized spacial score (nSPS) is 21.6. The number of Topliss-reactive ketones (excluding diaryl/α,β-unsaturated/α-hetero) is 2. The third-order valence-electron chi connectivity index (χ3n) is 11.2. The number of aromatic nitrogens is 4. The van der Waals surface area contributed by atoms with Crippen molar-refractivity contribution in [3.8, 4) is 0 Å². The van der Waals surface area contributed by atoms with Gasteiger partial charge >= 0.3 is 18.0 Å². The molecule has 1 aliphatic carbocycles. The van der Waals surface area contributed by atoms with Crippen molar-refractivity contribution >= 4 is 85.8 Å². The van der Waals surface area contributed by atoms with E-state index < -0.39 is 71.3 Å². The topological polar surface area (TPSA) is 375 Å². The number of carbonyl (C=O) groups is 7. The number of hydrogen-bond acceptors (Lipinski definition) is 20. The largest absolute Gasteiger partial charge is 0.480 e. The number of nitrogens with two attached hydrogens (primary N) is 2. The first kappa shape index (κ1) is 46.2. The SMILES string of the molecule is CO[C@@]12C(COC(N)=O)C3=C(C(=O)C(C)=C(NCCSSCC(NC(=O)CCC(NC(=O)c4ccc(NCc5cnc6nc(N)[nH]c(=O)c6n5)cc4)C(=O)O)C(=O)O)C3=O)N1C[C@@H]1N[C@@H]12. The number of amides is 3. The first-order valence-corrected chi connectivity index (χ1v) is 22.5. The Hall–Kier alpha value is -6.77. The predicted octanol–water partition coefficient (Wildman–Crippen LogP) is -1.19. The zero-order valence-corrected chi connectivity index (χ0v) is 36.3. The summed E-state index contributed by atoms with van der Waals surface area (Å²) in [6.45, 7) is 2.07. The molecule has 2 fully saturated rings. The van der Waals surface area contributed by atoms with Crippen LogP contribution in [0, 0.1) is 5.92 Å². The van der Waals surface area contributed by atoms with E-state index in [4.69, 9.17) is 20.9 Å². The molecule has 6 atom stereocenters. The van der Waals surface area contributed by atoms with Crippen molar-refractivity contribution < 1.29 is 53.2 Å². The summed E-state index contributed by atoms with van der Waals surface area (Å²) in [5.41, 5.74) is 11.1. The molecule has 0 bridgehead atoms. The fraction of sp³-hybridized carbons (Fsp3) is 0.410. The minimum absolute atomic E-state index is 0.0161. The van der Waals surface area contributed by atoms with Crippen molar-refractivity contribution in [2.45, 2.75) is 56.2 Å². The number of ketones is 2. The Morgan fingerprint density at radius 3 is 2.45 bits per heavy atom. The van der Waals surface area contributed by atoms with Gasteiger partial charge in [0.05, 0.1) is 41.8 Å². The van der Waals surface area contributed by atoms with Gasteiger partial charge in [-0.1, -0.05) is 21.6 Å². The van der Waals surface area contributed by atoms with Gasteiger partial charge < -0.3 is 62.6 Å². The molecular formula is C39H44N12O12S2. The molecule has 0 spiro atoms. The number of aliphatic carboxylic acids is 2. The van der Waals surface area contributed by atoms with E-state index in [0.717, 1.165) is 10.8 Å². The van der Waals surface area contributed by atoms with E-state index in [-0.39, 0.29) is 95.0 Å². The Labute approximate surface area is 375 Å². The van der Waals surface area contributed by atoms with Crippen LogP contribution in [0.4, 0.5) is 16.4 Å². The summed E-state index contributed by atoms with van der Waals surface area (Å²) < 4.78 is 11.1. The van der Waals surface area contributed by atoms with Crippen LogP contribution in [0.15, 0.2) is 57.8 Å². The van der Waals surface area contributed by atoms with Gasteiger partial charge in [-0.3, -0.25) is 29.0 Å². The molecule has 12 N–H and O–H groups in total. The molecule has 65 heavy (non-hydrogen) atoms. The molecule has 2 aromatic heterocycles. The van der Waals surface area contributed by atoms with E-state index >= 15 is 0 Å². The number of nitrogens with one attached hydrogen (secondary N) is 6. The van der Waals surface area contributed by atoms with E-state index in [1.807, 2.05) is 0 Å². The number of benzene rings is 1. The third-order valence-corrected chi connectivity index (χ3v) is 13.7. The molecule has 3 unspecified atom stereocenters. The second-order valence-corrected chi connectivity index (χ2v) is 17.9. The van der Waals surface area contributed by atoms with Crippen molar-refractivity contribution in [2.24, 2.45) is 11.7 Å². The van der Waals surface area contributed by atoms with Crippen molar-refractivity contribution in [1.29, 1.82) is 0 Å². The molecule has 3 aromatic rings. The van der Waals surface area contributed by atoms with Crippen LogP contribution in [-0.2, 0) is 40.0 Å². The van der Waals surface area contributed by atoms with E-state index in [2.05, 4.69) is 46.5 Å². The van der Waals surface area contributed by atoms with Gasteiger partial charge in [-0.15, -0.1) is 0 Å². The number of aromatic amines is 1. The molecule has 26 heteroatoms. The zero-order valence-electron chi connectivity index (χ0n) is 34.7. The van der Waals surface area contributed by atoms with Crippen molar-refractivity contribution in [2.75, 3.05) is 49.4 Å². The second kappa shape index (κ2) is 19.1. The monoisotopic (exact) mass is 936 g/mol. The van der Waals surface area contributed by atoms with Crippen LogP contribution in [0.3, 0.4) is 0 Å². The van der Waals surface area contributed by atoms with E-state index in [1.165, 1.54) is 36.2 Å². The third kappa shape index (κ3) is 9.55. The highest BCUT2D eigenvalue weighted by molar-refractivity contribution is 8.76. The fourth-order valence-corrected chi connectivity index (χ4v) is 10.2. The van der Waals surface area contributed by atoms with Gasteiger partial charge in [-0.05, 0) is 37.6 Å². The smallest absolute Gasteiger partial charge is 0.404 e. The van der Waals surface area contributed by atoms with Crippen LogP contribution in [0.5, 0.6) is 0 Å². The minimum Gasteiger partial charge on any atom is -0.480 e. The molecule has 3 amide bonds. The minimum atomic E-state index is -1.47. The Bertz CT molecular complexity index is 2590. The number of piperazine rings is 1. The maximum Gasteiger partial charge on any atom is 0.404 e. The summed E-state index contributed by atoms with van der Waals surface area (Å²) in [6, 6.07) is 3.10. The number of carboxylic acid groups (broad SMARTS) is 2. The molecule has 3 aliphatic heterocycles. The lowest BCUT2D eigenvalue weighted by molar-refractivity contribution is -0.142. The molecule has 24 nitrogen and oxygen atoms in total. The first-order chi connectivity index (χ1) is 31.0. The second-order valence-electron chi connectivity index (χ2n) is 15.2. The van der Waals surface area contributed by atoms with Crippen LogP contribution in [0.25, 0.3) is 11.2 Å². The van der Waals surface area contributed by atoms with Crippen LogP contribution >= 0.6 is 21.6 Å². The number of nitrogen functional groups attached to an aromatic ring is 1. The summed E-state index contributed by atoms with van der Waals surface area (Å²) in [7, 11) is 3.86. The molecule has 4 aliphatic rings. The lowest BCUT2D eigenvalue weighted by atomic mass is 9.82. The van der Waals surface area contributed by atoms with Crippen molar-refractivity contribution in [3.63, 3.8) is 0 Å². The molecule has 5 heterocycles. The van der Waals surface area contributed by atoms with Gasteiger partial charge in [0.2, 0.25) is 23.4 Å². The van der Waals surface area contributed by atoms with E-state index in [9.17, 15) is 48.6 Å². The average Bonchev–Trinajstić information content (AvgIpc) is 3.88. The number of primary amides is 1. The number of fused-ring (bicyclic) bond motifs is 5. The van der Waals surface area contributed by atoms with Crippen LogP contribution in [-0.4, -0.2) is 145 Å². The van der Waals surface area contributed by atoms with Crippen molar-refractivity contribution in [3.05, 3.63) is 74.6 Å². The zero-order chi connectivity index (χ0) is 46.7. The molecule has 1 aromatic carbocycles. The lowest BCUT2D eigenvalue weighted by Crippen LogP contribution is -2.55. The fourth-order valence-electron chi connectivity index (χ4n) is 8.10. The number of anilines is 2. The summed E-state index contributed by atoms with van der Waals surface area (Å²) in [5, 5.41) is 33.7. The highest BCUT2D eigenvalue weighted by atomic mass is 33.1. The molecule has 7 rings (SSSR count). The average molecular weight is 937 g/mol. The summed E-state index contributed by atoms with van der Waals surface area (Å²) >= 11 is 0. The maximum atomic E-state index is 14.0. The van der Waals surface area contributed by atoms with Crippen LogP contribution in [0.2, 0.25) is 0 Å². The Morgan fingerprint density at radius 1 is 1.02 bits per heavy atom. The summed E-state index contributed by atoms with van der Waals surface area (Å²) in [6.07, 6.45) is -0.345. The molecule has 0 saturated carbocycles. The number of H-pyrrole nitrogens is 1. The Morgan fingerprint density at radius 2 is 1.75 bits per heavy atom. The van der Waals surface area contributed by atoms with Gasteiger partial charge in [0.1, 0.15) is 18.7 Å². The highest BCUT2D eigenvalue weighted by Crippen LogP contribution is 2.55. The van der Waals surface area contributed by atoms with Crippen LogP contribution < -0.4 is 43.6 Å². The Balaban J connectivity index is 0.841. The summed E-state index contributed by atoms with van der Waals surface area (Å²) in [4.78, 5) is 118.